The number of aryl methyl sites for hydroxylation is 2. The van der Waals surface area contributed by atoms with E-state index in [4.69, 9.17) is 4.98 Å². The summed E-state index contributed by atoms with van der Waals surface area (Å²) in [7, 11) is 0. The second-order valence-electron chi connectivity index (χ2n) is 8.24. The van der Waals surface area contributed by atoms with E-state index in [1.165, 1.54) is 5.56 Å². The van der Waals surface area contributed by atoms with Crippen LogP contribution in [0.25, 0.3) is 17.2 Å². The van der Waals surface area contributed by atoms with E-state index in [9.17, 15) is 9.90 Å². The van der Waals surface area contributed by atoms with Crippen molar-refractivity contribution in [2.75, 3.05) is 6.61 Å². The number of rotatable bonds is 5. The zero-order chi connectivity index (χ0) is 20.7. The average molecular weight is 403 g/mol. The number of hydrogen-bond acceptors (Lipinski definition) is 5. The van der Waals surface area contributed by atoms with Gasteiger partial charge in [0.2, 0.25) is 0 Å². The molecule has 0 radical (unpaired) electrons. The van der Waals surface area contributed by atoms with Gasteiger partial charge >= 0.3 is 0 Å². The van der Waals surface area contributed by atoms with Crippen molar-refractivity contribution in [1.29, 1.82) is 0 Å². The second kappa shape index (κ2) is 7.65. The Hall–Kier alpha value is -3.06. The molecule has 5 rings (SSSR count). The Bertz CT molecular complexity index is 1100. The standard InChI is InChI=1S/C23H25N5O2/c1-14(13-29)26-22(30)19-12-25-28(21(19)16-9-10-16)23-24-11-17-7-4-6-15-5-2-3-8-18(15)20(17)27-23/h2-3,5,8,11-12,14,16,29H,4,6-7,9-10,13H2,1H3,(H,26,30). The van der Waals surface area contributed by atoms with Gasteiger partial charge in [-0.3, -0.25) is 4.79 Å². The van der Waals surface area contributed by atoms with Gasteiger partial charge in [-0.25, -0.2) is 14.6 Å². The number of amides is 1. The highest BCUT2D eigenvalue weighted by molar-refractivity contribution is 5.95. The number of hydrogen-bond donors (Lipinski definition) is 2. The van der Waals surface area contributed by atoms with Gasteiger partial charge in [-0.15, -0.1) is 0 Å². The molecular weight excluding hydrogens is 378 g/mol. The van der Waals surface area contributed by atoms with Crippen LogP contribution in [0, 0.1) is 0 Å². The largest absolute Gasteiger partial charge is 0.394 e. The second-order valence-corrected chi connectivity index (χ2v) is 8.24. The van der Waals surface area contributed by atoms with Crippen LogP contribution in [0.15, 0.2) is 36.7 Å². The van der Waals surface area contributed by atoms with Gasteiger partial charge in [0, 0.05) is 23.7 Å². The Labute approximate surface area is 175 Å². The van der Waals surface area contributed by atoms with Crippen LogP contribution in [0.4, 0.5) is 0 Å². The van der Waals surface area contributed by atoms with E-state index in [0.29, 0.717) is 11.5 Å². The molecule has 0 bridgehead atoms. The molecule has 2 aliphatic rings. The number of aliphatic hydroxyl groups excluding tert-OH is 1. The predicted octanol–water partition coefficient (Wildman–Crippen LogP) is 2.81. The maximum absolute atomic E-state index is 12.7. The minimum absolute atomic E-state index is 0.105. The summed E-state index contributed by atoms with van der Waals surface area (Å²) >= 11 is 0. The molecule has 1 saturated carbocycles. The van der Waals surface area contributed by atoms with Gasteiger partial charge in [0.1, 0.15) is 0 Å². The van der Waals surface area contributed by atoms with Crippen LogP contribution in [-0.4, -0.2) is 43.4 Å². The van der Waals surface area contributed by atoms with Gasteiger partial charge in [0.05, 0.1) is 29.8 Å². The molecule has 0 aliphatic heterocycles. The van der Waals surface area contributed by atoms with Crippen LogP contribution in [0.5, 0.6) is 0 Å². The minimum Gasteiger partial charge on any atom is -0.394 e. The number of carbonyl (C=O) groups excluding carboxylic acids is 1. The number of aromatic nitrogens is 4. The summed E-state index contributed by atoms with van der Waals surface area (Å²) in [6.07, 6.45) is 8.61. The molecule has 3 aromatic rings. The van der Waals surface area contributed by atoms with Crippen molar-refractivity contribution >= 4 is 5.91 Å². The van der Waals surface area contributed by atoms with Crippen molar-refractivity contribution < 1.29 is 9.90 Å². The number of aliphatic hydroxyl groups is 1. The van der Waals surface area contributed by atoms with E-state index >= 15 is 0 Å². The van der Waals surface area contributed by atoms with E-state index in [1.54, 1.807) is 17.8 Å². The van der Waals surface area contributed by atoms with E-state index in [-0.39, 0.29) is 24.5 Å². The normalized spacial score (nSPS) is 16.3. The molecule has 1 aromatic carbocycles. The third-order valence-electron chi connectivity index (χ3n) is 5.87. The lowest BCUT2D eigenvalue weighted by molar-refractivity contribution is 0.0921. The number of benzene rings is 1. The van der Waals surface area contributed by atoms with Crippen LogP contribution >= 0.6 is 0 Å². The fourth-order valence-electron chi connectivity index (χ4n) is 4.14. The Kier molecular flexibility index (Phi) is 4.83. The lowest BCUT2D eigenvalue weighted by Crippen LogP contribution is -2.35. The summed E-state index contributed by atoms with van der Waals surface area (Å²) in [6.45, 7) is 1.66. The Morgan fingerprint density at radius 3 is 2.83 bits per heavy atom. The van der Waals surface area contributed by atoms with Gasteiger partial charge in [-0.05, 0) is 50.2 Å². The Morgan fingerprint density at radius 1 is 1.23 bits per heavy atom. The van der Waals surface area contributed by atoms with Crippen molar-refractivity contribution in [1.82, 2.24) is 25.1 Å². The number of nitrogens with one attached hydrogen (secondary N) is 1. The van der Waals surface area contributed by atoms with Gasteiger partial charge in [0.15, 0.2) is 0 Å². The minimum atomic E-state index is -0.312. The van der Waals surface area contributed by atoms with Gasteiger partial charge < -0.3 is 10.4 Å². The van der Waals surface area contributed by atoms with Gasteiger partial charge in [0.25, 0.3) is 11.9 Å². The van der Waals surface area contributed by atoms with Crippen molar-refractivity contribution in [3.63, 3.8) is 0 Å². The summed E-state index contributed by atoms with van der Waals surface area (Å²) in [5.74, 6) is 0.568. The van der Waals surface area contributed by atoms with Crippen molar-refractivity contribution in [2.24, 2.45) is 0 Å². The van der Waals surface area contributed by atoms with E-state index in [0.717, 1.165) is 54.6 Å². The number of fused-ring (bicyclic) bond motifs is 3. The molecule has 0 saturated heterocycles. The first-order chi connectivity index (χ1) is 14.7. The maximum atomic E-state index is 12.7. The molecule has 7 heteroatoms. The smallest absolute Gasteiger partial charge is 0.255 e. The van der Waals surface area contributed by atoms with E-state index in [2.05, 4.69) is 33.6 Å². The van der Waals surface area contributed by atoms with Crippen LogP contribution in [0.1, 0.15) is 59.3 Å². The summed E-state index contributed by atoms with van der Waals surface area (Å²) < 4.78 is 1.73. The molecule has 1 unspecified atom stereocenters. The molecule has 2 heterocycles. The predicted molar refractivity (Wildman–Crippen MR) is 113 cm³/mol. The summed E-state index contributed by atoms with van der Waals surface area (Å²) in [5.41, 5.74) is 5.98. The molecule has 7 nitrogen and oxygen atoms in total. The van der Waals surface area contributed by atoms with E-state index in [1.807, 2.05) is 12.3 Å². The molecule has 30 heavy (non-hydrogen) atoms. The van der Waals surface area contributed by atoms with Crippen LogP contribution in [0.2, 0.25) is 0 Å². The maximum Gasteiger partial charge on any atom is 0.255 e. The number of carbonyl (C=O) groups is 1. The molecule has 2 N–H and O–H groups in total. The van der Waals surface area contributed by atoms with Crippen molar-refractivity contribution in [3.8, 4) is 17.2 Å². The fraction of sp³-hybridized carbons (Fsp3) is 0.391. The number of nitrogens with zero attached hydrogens (tertiary/aromatic N) is 4. The highest BCUT2D eigenvalue weighted by atomic mass is 16.3. The average Bonchev–Trinajstić information content (AvgIpc) is 3.54. The molecular formula is C23H25N5O2. The summed E-state index contributed by atoms with van der Waals surface area (Å²) in [4.78, 5) is 22.3. The zero-order valence-electron chi connectivity index (χ0n) is 17.0. The molecule has 1 atom stereocenters. The van der Waals surface area contributed by atoms with Crippen LogP contribution in [-0.2, 0) is 12.8 Å². The molecule has 2 aliphatic carbocycles. The first kappa shape index (κ1) is 18.9. The first-order valence-corrected chi connectivity index (χ1v) is 10.6. The Balaban J connectivity index is 1.58. The topological polar surface area (TPSA) is 92.9 Å². The lowest BCUT2D eigenvalue weighted by atomic mass is 10.0. The van der Waals surface area contributed by atoms with Crippen LogP contribution < -0.4 is 5.32 Å². The summed E-state index contributed by atoms with van der Waals surface area (Å²) in [6, 6.07) is 8.09. The third-order valence-corrected chi connectivity index (χ3v) is 5.87. The highest BCUT2D eigenvalue weighted by Gasteiger charge is 2.34. The van der Waals surface area contributed by atoms with Gasteiger partial charge in [-0.1, -0.05) is 24.3 Å². The Morgan fingerprint density at radius 2 is 2.03 bits per heavy atom. The SMILES string of the molecule is CC(CO)NC(=O)c1cnn(-c2ncc3c(n2)-c2ccccc2CCC3)c1C1CC1. The quantitative estimate of drug-likeness (QED) is 0.683. The van der Waals surface area contributed by atoms with E-state index < -0.39 is 0 Å². The first-order valence-electron chi connectivity index (χ1n) is 10.6. The van der Waals surface area contributed by atoms with Gasteiger partial charge in [-0.2, -0.15) is 5.10 Å². The monoisotopic (exact) mass is 403 g/mol. The lowest BCUT2D eigenvalue weighted by Gasteiger charge is -2.13. The molecule has 1 fully saturated rings. The van der Waals surface area contributed by atoms with Crippen molar-refractivity contribution in [2.45, 2.75) is 51.0 Å². The zero-order valence-corrected chi connectivity index (χ0v) is 17.0. The molecule has 0 spiro atoms. The summed E-state index contributed by atoms with van der Waals surface area (Å²) in [5, 5.41) is 16.6. The van der Waals surface area contributed by atoms with Crippen LogP contribution in [0.3, 0.4) is 0 Å². The third kappa shape index (κ3) is 3.39. The molecule has 154 valence electrons. The molecule has 2 aromatic heterocycles. The van der Waals surface area contributed by atoms with Crippen molar-refractivity contribution in [3.05, 3.63) is 59.0 Å². The fourth-order valence-corrected chi connectivity index (χ4v) is 4.14. The highest BCUT2D eigenvalue weighted by Crippen LogP contribution is 2.42. The molecule has 1 amide bonds.